The summed E-state index contributed by atoms with van der Waals surface area (Å²) in [5, 5.41) is 0. The first-order valence-corrected chi connectivity index (χ1v) is 13.6. The van der Waals surface area contributed by atoms with E-state index in [9.17, 15) is 9.59 Å². The highest BCUT2D eigenvalue weighted by Crippen LogP contribution is 2.38. The molecule has 0 atom stereocenters. The highest BCUT2D eigenvalue weighted by atomic mass is 16.5. The van der Waals surface area contributed by atoms with Gasteiger partial charge in [-0.3, -0.25) is 14.5 Å². The van der Waals surface area contributed by atoms with Crippen LogP contribution < -0.4 is 9.64 Å². The van der Waals surface area contributed by atoms with Gasteiger partial charge in [0.05, 0.1) is 12.2 Å². The summed E-state index contributed by atoms with van der Waals surface area (Å²) in [7, 11) is 0. The van der Waals surface area contributed by atoms with Crippen LogP contribution >= 0.6 is 0 Å². The average molecular weight is 512 g/mol. The second-order valence-electron chi connectivity index (χ2n) is 10.9. The second kappa shape index (κ2) is 11.0. The van der Waals surface area contributed by atoms with Gasteiger partial charge < -0.3 is 14.5 Å². The Hall–Kier alpha value is -3.64. The van der Waals surface area contributed by atoms with Gasteiger partial charge in [-0.05, 0) is 52.8 Å². The molecule has 0 bridgehead atoms. The van der Waals surface area contributed by atoms with E-state index in [0.717, 1.165) is 43.1 Å². The van der Waals surface area contributed by atoms with Crippen LogP contribution in [0.4, 0.5) is 5.69 Å². The molecule has 2 amide bonds. The predicted molar refractivity (Wildman–Crippen MR) is 151 cm³/mol. The minimum atomic E-state index is -0.0739. The summed E-state index contributed by atoms with van der Waals surface area (Å²) in [5.74, 6) is 0.697. The number of carbonyl (C=O) groups excluding carboxylic acids is 2. The maximum atomic E-state index is 13.4. The first kappa shape index (κ1) is 26.0. The van der Waals surface area contributed by atoms with E-state index in [2.05, 4.69) is 62.1 Å². The zero-order valence-electron chi connectivity index (χ0n) is 22.7. The summed E-state index contributed by atoms with van der Waals surface area (Å²) in [4.78, 5) is 32.4. The third kappa shape index (κ3) is 5.60. The van der Waals surface area contributed by atoms with Crippen LogP contribution in [-0.4, -0.2) is 54.4 Å². The summed E-state index contributed by atoms with van der Waals surface area (Å²) >= 11 is 0. The SMILES string of the molecule is CCC(C)(C)c1ccc2c(c1)N(Cc1cccc(C(=O)N3CCN(Cc4ccccc4)CC3)c1)C(=O)CO2. The molecule has 5 rings (SSSR count). The minimum absolute atomic E-state index is 0.00134. The van der Waals surface area contributed by atoms with Gasteiger partial charge in [0.25, 0.3) is 11.8 Å². The van der Waals surface area contributed by atoms with Gasteiger partial charge in [0.15, 0.2) is 6.61 Å². The zero-order chi connectivity index (χ0) is 26.7. The predicted octanol–water partition coefficient (Wildman–Crippen LogP) is 5.26. The van der Waals surface area contributed by atoms with Crippen LogP contribution in [0.3, 0.4) is 0 Å². The van der Waals surface area contributed by atoms with Crippen LogP contribution in [0, 0.1) is 0 Å². The Kier molecular flexibility index (Phi) is 7.52. The fourth-order valence-corrected chi connectivity index (χ4v) is 5.12. The number of carbonyl (C=O) groups is 2. The Morgan fingerprint density at radius 3 is 2.34 bits per heavy atom. The number of piperazine rings is 1. The highest BCUT2D eigenvalue weighted by molar-refractivity contribution is 5.98. The van der Waals surface area contributed by atoms with Crippen molar-refractivity contribution in [3.05, 3.63) is 95.1 Å². The van der Waals surface area contributed by atoms with Crippen molar-refractivity contribution >= 4 is 17.5 Å². The second-order valence-corrected chi connectivity index (χ2v) is 10.9. The number of rotatable bonds is 7. The molecule has 6 heteroatoms. The van der Waals surface area contributed by atoms with Crippen molar-refractivity contribution in [2.45, 2.75) is 45.7 Å². The van der Waals surface area contributed by atoms with Crippen molar-refractivity contribution in [1.82, 2.24) is 9.80 Å². The number of amides is 2. The Labute approximate surface area is 225 Å². The normalized spacial score (nSPS) is 16.2. The number of fused-ring (bicyclic) bond motifs is 1. The Morgan fingerprint density at radius 1 is 0.868 bits per heavy atom. The van der Waals surface area contributed by atoms with Gasteiger partial charge in [-0.2, -0.15) is 0 Å². The minimum Gasteiger partial charge on any atom is -0.482 e. The number of anilines is 1. The van der Waals surface area contributed by atoms with E-state index in [1.165, 1.54) is 11.1 Å². The van der Waals surface area contributed by atoms with E-state index >= 15 is 0 Å². The van der Waals surface area contributed by atoms with E-state index in [1.54, 1.807) is 4.90 Å². The van der Waals surface area contributed by atoms with Gasteiger partial charge in [0.1, 0.15) is 5.75 Å². The molecule has 3 aromatic carbocycles. The molecule has 0 unspecified atom stereocenters. The zero-order valence-corrected chi connectivity index (χ0v) is 22.7. The molecule has 0 spiro atoms. The molecule has 38 heavy (non-hydrogen) atoms. The van der Waals surface area contributed by atoms with Crippen molar-refractivity contribution in [1.29, 1.82) is 0 Å². The number of hydrogen-bond donors (Lipinski definition) is 0. The summed E-state index contributed by atoms with van der Waals surface area (Å²) in [6, 6.07) is 24.3. The quantitative estimate of drug-likeness (QED) is 0.434. The smallest absolute Gasteiger partial charge is 0.265 e. The Bertz CT molecular complexity index is 1300. The van der Waals surface area contributed by atoms with Crippen molar-refractivity contribution in [2.75, 3.05) is 37.7 Å². The molecule has 0 saturated carbocycles. The molecule has 2 aliphatic rings. The molecular weight excluding hydrogens is 474 g/mol. The van der Waals surface area contributed by atoms with Crippen LogP contribution in [0.25, 0.3) is 0 Å². The van der Waals surface area contributed by atoms with Crippen LogP contribution in [0.2, 0.25) is 0 Å². The van der Waals surface area contributed by atoms with Gasteiger partial charge in [0, 0.05) is 38.3 Å². The van der Waals surface area contributed by atoms with Crippen LogP contribution in [0.5, 0.6) is 5.75 Å². The molecule has 0 aliphatic carbocycles. The maximum absolute atomic E-state index is 13.4. The molecule has 2 aliphatic heterocycles. The van der Waals surface area contributed by atoms with E-state index in [-0.39, 0.29) is 23.8 Å². The lowest BCUT2D eigenvalue weighted by Crippen LogP contribution is -2.48. The van der Waals surface area contributed by atoms with E-state index in [4.69, 9.17) is 4.74 Å². The number of nitrogens with zero attached hydrogens (tertiary/aromatic N) is 3. The molecular formula is C32H37N3O3. The fraction of sp³-hybridized carbons (Fsp3) is 0.375. The molecule has 0 aromatic heterocycles. The first-order valence-electron chi connectivity index (χ1n) is 13.6. The molecule has 2 heterocycles. The number of benzene rings is 3. The Balaban J connectivity index is 1.28. The third-order valence-corrected chi connectivity index (χ3v) is 7.99. The van der Waals surface area contributed by atoms with E-state index in [0.29, 0.717) is 25.2 Å². The molecule has 1 fully saturated rings. The molecule has 0 N–H and O–H groups in total. The molecule has 6 nitrogen and oxygen atoms in total. The van der Waals surface area contributed by atoms with E-state index in [1.807, 2.05) is 41.3 Å². The van der Waals surface area contributed by atoms with Crippen molar-refractivity contribution in [2.24, 2.45) is 0 Å². The van der Waals surface area contributed by atoms with Crippen LogP contribution in [-0.2, 0) is 23.3 Å². The monoisotopic (exact) mass is 511 g/mol. The molecule has 1 saturated heterocycles. The van der Waals surface area contributed by atoms with Gasteiger partial charge in [-0.25, -0.2) is 0 Å². The lowest BCUT2D eigenvalue weighted by Gasteiger charge is -2.35. The fourth-order valence-electron chi connectivity index (χ4n) is 5.12. The largest absolute Gasteiger partial charge is 0.482 e. The topological polar surface area (TPSA) is 53.1 Å². The summed E-state index contributed by atoms with van der Waals surface area (Å²) < 4.78 is 5.74. The lowest BCUT2D eigenvalue weighted by atomic mass is 9.82. The average Bonchev–Trinajstić information content (AvgIpc) is 2.95. The maximum Gasteiger partial charge on any atom is 0.265 e. The van der Waals surface area contributed by atoms with Crippen LogP contribution in [0.15, 0.2) is 72.8 Å². The van der Waals surface area contributed by atoms with Crippen LogP contribution in [0.1, 0.15) is 54.2 Å². The van der Waals surface area contributed by atoms with E-state index < -0.39 is 0 Å². The van der Waals surface area contributed by atoms with Gasteiger partial charge in [-0.15, -0.1) is 0 Å². The van der Waals surface area contributed by atoms with Gasteiger partial charge in [-0.1, -0.05) is 69.3 Å². The Morgan fingerprint density at radius 2 is 1.61 bits per heavy atom. The standard InChI is InChI=1S/C32H37N3O3/c1-4-32(2,3)27-13-14-29-28(20-27)35(30(36)23-38-29)22-25-11-8-12-26(19-25)31(37)34-17-15-33(16-18-34)21-24-9-6-5-7-10-24/h5-14,19-20H,4,15-18,21-23H2,1-3H3. The van der Waals surface area contributed by atoms with Crippen molar-refractivity contribution < 1.29 is 14.3 Å². The summed E-state index contributed by atoms with van der Waals surface area (Å²) in [6.07, 6.45) is 0.991. The molecule has 3 aromatic rings. The van der Waals surface area contributed by atoms with Crippen molar-refractivity contribution in [3.63, 3.8) is 0 Å². The van der Waals surface area contributed by atoms with Crippen molar-refractivity contribution in [3.8, 4) is 5.75 Å². The first-order chi connectivity index (χ1) is 18.3. The number of ether oxygens (including phenoxy) is 1. The van der Waals surface area contributed by atoms with Gasteiger partial charge >= 0.3 is 0 Å². The highest BCUT2D eigenvalue weighted by Gasteiger charge is 2.29. The lowest BCUT2D eigenvalue weighted by molar-refractivity contribution is -0.121. The van der Waals surface area contributed by atoms with Gasteiger partial charge in [0.2, 0.25) is 0 Å². The number of hydrogen-bond acceptors (Lipinski definition) is 4. The summed E-state index contributed by atoms with van der Waals surface area (Å²) in [5.41, 5.74) is 4.87. The summed E-state index contributed by atoms with van der Waals surface area (Å²) in [6.45, 7) is 11.1. The third-order valence-electron chi connectivity index (χ3n) is 7.99. The molecule has 0 radical (unpaired) electrons. The molecule has 198 valence electrons.